The number of fused-ring (bicyclic) bond motifs is 1. The van der Waals surface area contributed by atoms with Gasteiger partial charge in [-0.15, -0.1) is 0 Å². The molecule has 5 nitrogen and oxygen atoms in total. The topological polar surface area (TPSA) is 38.4 Å². The molecule has 1 fully saturated rings. The van der Waals surface area contributed by atoms with Crippen molar-refractivity contribution >= 4 is 23.2 Å². The Labute approximate surface area is 232 Å². The number of nitrogens with zero attached hydrogens (tertiary/aromatic N) is 4. The van der Waals surface area contributed by atoms with Crippen LogP contribution in [0.2, 0.25) is 10.0 Å². The number of nitrogens with one attached hydrogen (secondary N) is 1. The Kier molecular flexibility index (Phi) is 9.71. The summed E-state index contributed by atoms with van der Waals surface area (Å²) < 4.78 is 0. The number of aromatic amines is 1. The van der Waals surface area contributed by atoms with Crippen molar-refractivity contribution in [2.45, 2.75) is 45.6 Å². The number of benzene rings is 2. The van der Waals surface area contributed by atoms with Crippen molar-refractivity contribution in [3.05, 3.63) is 74.5 Å². The van der Waals surface area contributed by atoms with Crippen molar-refractivity contribution in [2.75, 3.05) is 53.9 Å². The van der Waals surface area contributed by atoms with Crippen LogP contribution in [-0.4, -0.2) is 84.8 Å². The van der Waals surface area contributed by atoms with E-state index in [9.17, 15) is 0 Å². The second kappa shape index (κ2) is 12.8. The van der Waals surface area contributed by atoms with E-state index >= 15 is 0 Å². The molecule has 1 saturated heterocycles. The van der Waals surface area contributed by atoms with Crippen molar-refractivity contribution < 1.29 is 0 Å². The van der Waals surface area contributed by atoms with E-state index in [1.54, 1.807) is 0 Å². The van der Waals surface area contributed by atoms with Crippen LogP contribution >= 0.6 is 23.2 Å². The second-order valence-electron chi connectivity index (χ2n) is 10.8. The molecule has 1 aliphatic heterocycles. The Morgan fingerprint density at radius 1 is 1.03 bits per heavy atom. The Morgan fingerprint density at radius 3 is 2.43 bits per heavy atom. The first-order valence-electron chi connectivity index (χ1n) is 13.4. The van der Waals surface area contributed by atoms with Crippen molar-refractivity contribution in [3.8, 4) is 11.1 Å². The lowest BCUT2D eigenvalue weighted by molar-refractivity contribution is 0.155. The zero-order valence-corrected chi connectivity index (χ0v) is 24.5. The molecule has 1 aromatic heterocycles. The standard InChI is InChI=1S/C17H23N3.C13H18Cl2N2/c1-11-17(12(2)19-18-11)16-7-5-6-13-10-14(20(3)4)8-9-15(13)16;1-16-6-8-17(9-7-16)5-4-11-2-3-12(14)13(15)10-11/h5-7,14H,8-10H2,1-4H3,(H,18,19);2-3,10H,4-9H2,1H3. The van der Waals surface area contributed by atoms with Gasteiger partial charge in [0.2, 0.25) is 0 Å². The van der Waals surface area contributed by atoms with E-state index in [1.165, 1.54) is 59.4 Å². The van der Waals surface area contributed by atoms with E-state index in [4.69, 9.17) is 23.2 Å². The normalized spacial score (nSPS) is 18.4. The van der Waals surface area contributed by atoms with Crippen molar-refractivity contribution in [2.24, 2.45) is 0 Å². The SMILES string of the molecule is CN1CCN(CCc2ccc(Cl)c(Cl)c2)CC1.Cc1n[nH]c(C)c1-c1cccc2c1CCC(N(C)C)C2. The van der Waals surface area contributed by atoms with Gasteiger partial charge in [-0.25, -0.2) is 0 Å². The zero-order valence-electron chi connectivity index (χ0n) is 23.0. The molecule has 7 heteroatoms. The largest absolute Gasteiger partial charge is 0.306 e. The molecule has 37 heavy (non-hydrogen) atoms. The van der Waals surface area contributed by atoms with Crippen molar-refractivity contribution in [1.29, 1.82) is 0 Å². The molecule has 2 heterocycles. The van der Waals surface area contributed by atoms with E-state index in [0.29, 0.717) is 16.1 Å². The molecule has 1 atom stereocenters. The van der Waals surface area contributed by atoms with Gasteiger partial charge in [-0.1, -0.05) is 47.5 Å². The Balaban J connectivity index is 0.000000176. The van der Waals surface area contributed by atoms with Crippen LogP contribution < -0.4 is 0 Å². The molecule has 3 aromatic rings. The van der Waals surface area contributed by atoms with Crippen LogP contribution in [0.15, 0.2) is 36.4 Å². The molecular formula is C30H41Cl2N5. The number of hydrogen-bond donors (Lipinski definition) is 1. The summed E-state index contributed by atoms with van der Waals surface area (Å²) in [5, 5.41) is 8.75. The molecule has 200 valence electrons. The average Bonchev–Trinajstić information content (AvgIpc) is 3.22. The highest BCUT2D eigenvalue weighted by atomic mass is 35.5. The number of aryl methyl sites for hydroxylation is 2. The number of likely N-dealkylation sites (N-methyl/N-ethyl adjacent to an activating group) is 2. The van der Waals surface area contributed by atoms with Gasteiger partial charge in [-0.2, -0.15) is 5.10 Å². The first-order chi connectivity index (χ1) is 17.7. The van der Waals surface area contributed by atoms with Gasteiger partial charge in [0.05, 0.1) is 15.7 Å². The van der Waals surface area contributed by atoms with Gasteiger partial charge >= 0.3 is 0 Å². The highest BCUT2D eigenvalue weighted by Gasteiger charge is 2.23. The van der Waals surface area contributed by atoms with Gasteiger partial charge in [0.1, 0.15) is 0 Å². The molecule has 0 radical (unpaired) electrons. The third-order valence-corrected chi connectivity index (χ3v) is 8.62. The molecule has 0 saturated carbocycles. The average molecular weight is 543 g/mol. The first-order valence-corrected chi connectivity index (χ1v) is 14.1. The summed E-state index contributed by atoms with van der Waals surface area (Å²) in [6.07, 6.45) is 4.61. The molecule has 0 spiro atoms. The predicted molar refractivity (Wildman–Crippen MR) is 157 cm³/mol. The van der Waals surface area contributed by atoms with E-state index < -0.39 is 0 Å². The van der Waals surface area contributed by atoms with Crippen LogP contribution in [0.5, 0.6) is 0 Å². The number of rotatable bonds is 5. The number of halogens is 2. The number of hydrogen-bond acceptors (Lipinski definition) is 4. The number of aromatic nitrogens is 2. The fourth-order valence-electron chi connectivity index (χ4n) is 5.46. The lowest BCUT2D eigenvalue weighted by atomic mass is 9.83. The quantitative estimate of drug-likeness (QED) is 0.436. The van der Waals surface area contributed by atoms with Crippen molar-refractivity contribution in [3.63, 3.8) is 0 Å². The summed E-state index contributed by atoms with van der Waals surface area (Å²) >= 11 is 11.9. The van der Waals surface area contributed by atoms with Crippen LogP contribution in [0.3, 0.4) is 0 Å². The molecule has 2 aromatic carbocycles. The molecule has 1 N–H and O–H groups in total. The number of piperazine rings is 1. The van der Waals surface area contributed by atoms with Crippen LogP contribution in [-0.2, 0) is 19.3 Å². The van der Waals surface area contributed by atoms with E-state index in [2.05, 4.69) is 84.2 Å². The van der Waals surface area contributed by atoms with Crippen LogP contribution in [0.4, 0.5) is 0 Å². The Hall–Kier alpha value is -1.89. The summed E-state index contributed by atoms with van der Waals surface area (Å²) in [4.78, 5) is 7.22. The molecular weight excluding hydrogens is 501 g/mol. The predicted octanol–water partition coefficient (Wildman–Crippen LogP) is 5.90. The molecule has 5 rings (SSSR count). The molecule has 1 unspecified atom stereocenters. The number of H-pyrrole nitrogens is 1. The molecule has 2 aliphatic rings. The maximum atomic E-state index is 6.00. The third-order valence-electron chi connectivity index (χ3n) is 7.88. The summed E-state index contributed by atoms with van der Waals surface area (Å²) in [5.74, 6) is 0. The lowest BCUT2D eigenvalue weighted by Gasteiger charge is -2.32. The molecule has 0 amide bonds. The summed E-state index contributed by atoms with van der Waals surface area (Å²) in [5.41, 5.74) is 9.24. The van der Waals surface area contributed by atoms with Crippen LogP contribution in [0, 0.1) is 13.8 Å². The minimum atomic E-state index is 0.634. The molecule has 1 aliphatic carbocycles. The summed E-state index contributed by atoms with van der Waals surface area (Å²) in [6.45, 7) is 9.97. The maximum Gasteiger partial charge on any atom is 0.0672 e. The van der Waals surface area contributed by atoms with E-state index in [-0.39, 0.29) is 0 Å². The zero-order chi connectivity index (χ0) is 26.5. The second-order valence-corrected chi connectivity index (χ2v) is 11.6. The Bertz CT molecular complexity index is 1160. The van der Waals surface area contributed by atoms with Crippen LogP contribution in [0.25, 0.3) is 11.1 Å². The fraction of sp³-hybridized carbons (Fsp3) is 0.500. The maximum absolute atomic E-state index is 6.00. The monoisotopic (exact) mass is 541 g/mol. The Morgan fingerprint density at radius 2 is 1.78 bits per heavy atom. The summed E-state index contributed by atoms with van der Waals surface area (Å²) in [6, 6.07) is 13.3. The van der Waals surface area contributed by atoms with E-state index in [0.717, 1.165) is 38.2 Å². The highest BCUT2D eigenvalue weighted by molar-refractivity contribution is 6.42. The van der Waals surface area contributed by atoms with Gasteiger partial charge in [-0.05, 0) is 95.1 Å². The van der Waals surface area contributed by atoms with Gasteiger partial charge in [0.25, 0.3) is 0 Å². The van der Waals surface area contributed by atoms with E-state index in [1.807, 2.05) is 12.1 Å². The van der Waals surface area contributed by atoms with Gasteiger partial charge < -0.3 is 14.7 Å². The minimum absolute atomic E-state index is 0.634. The minimum Gasteiger partial charge on any atom is -0.306 e. The fourth-order valence-corrected chi connectivity index (χ4v) is 5.79. The third kappa shape index (κ3) is 7.15. The van der Waals surface area contributed by atoms with Gasteiger partial charge in [-0.3, -0.25) is 5.10 Å². The highest BCUT2D eigenvalue weighted by Crippen LogP contribution is 2.35. The smallest absolute Gasteiger partial charge is 0.0672 e. The molecule has 0 bridgehead atoms. The van der Waals surface area contributed by atoms with Gasteiger partial charge in [0.15, 0.2) is 0 Å². The van der Waals surface area contributed by atoms with Gasteiger partial charge in [0, 0.05) is 50.0 Å². The first kappa shape index (κ1) is 28.1. The van der Waals surface area contributed by atoms with Crippen LogP contribution in [0.1, 0.15) is 34.5 Å². The lowest BCUT2D eigenvalue weighted by Crippen LogP contribution is -2.45. The van der Waals surface area contributed by atoms with Crippen molar-refractivity contribution in [1.82, 2.24) is 24.9 Å². The summed E-state index contributed by atoms with van der Waals surface area (Å²) in [7, 11) is 6.55.